The van der Waals surface area contributed by atoms with E-state index >= 15 is 0 Å². The number of nitrogens with zero attached hydrogens (tertiary/aromatic N) is 8. The second-order valence-corrected chi connectivity index (χ2v) is 2.20. The van der Waals surface area contributed by atoms with Crippen molar-refractivity contribution < 1.29 is 19.2 Å². The Bertz CT molecular complexity index is 632. The SMILES string of the molecule is [N-]=[N+]=c1ccc(=[N+]=[N-])c(=[N+]=[N-])c1=[N+]=[N-]. The summed E-state index contributed by atoms with van der Waals surface area (Å²) < 4.78 is 0. The third kappa shape index (κ3) is 1.28. The van der Waals surface area contributed by atoms with E-state index in [0.717, 1.165) is 0 Å². The Hall–Kier alpha value is -2.74. The highest BCUT2D eigenvalue weighted by Crippen LogP contribution is 1.48. The van der Waals surface area contributed by atoms with E-state index in [9.17, 15) is 0 Å². The van der Waals surface area contributed by atoms with Gasteiger partial charge in [0.2, 0.25) is 0 Å². The Morgan fingerprint density at radius 2 is 1.00 bits per heavy atom. The molecular weight excluding hydrogens is 184 g/mol. The van der Waals surface area contributed by atoms with Crippen molar-refractivity contribution in [3.8, 4) is 0 Å². The molecular formula is C6H2N8. The van der Waals surface area contributed by atoms with Crippen LogP contribution in [0, 0.1) is 0 Å². The second kappa shape index (κ2) is 3.78. The third-order valence-electron chi connectivity index (χ3n) is 1.52. The zero-order chi connectivity index (χ0) is 10.6. The highest BCUT2D eigenvalue weighted by molar-refractivity contribution is 4.92. The van der Waals surface area contributed by atoms with Crippen LogP contribution in [-0.4, -0.2) is 19.2 Å². The second-order valence-electron chi connectivity index (χ2n) is 2.20. The Balaban J connectivity index is 4.52. The first-order valence-electron chi connectivity index (χ1n) is 3.36. The third-order valence-corrected chi connectivity index (χ3v) is 1.52. The van der Waals surface area contributed by atoms with Crippen LogP contribution in [-0.2, 0) is 0 Å². The summed E-state index contributed by atoms with van der Waals surface area (Å²) in [6.07, 6.45) is 0. The molecule has 0 aliphatic heterocycles. The van der Waals surface area contributed by atoms with Gasteiger partial charge in [0.15, 0.2) is 0 Å². The Kier molecular flexibility index (Phi) is 2.52. The molecule has 0 saturated carbocycles. The lowest BCUT2D eigenvalue weighted by atomic mass is 10.3. The van der Waals surface area contributed by atoms with E-state index in [1.54, 1.807) is 0 Å². The largest absolute Gasteiger partial charge is 0.499 e. The number of hydrogen-bond donors (Lipinski definition) is 0. The van der Waals surface area contributed by atoms with Crippen LogP contribution in [0.5, 0.6) is 0 Å². The van der Waals surface area contributed by atoms with Gasteiger partial charge in [-0.3, -0.25) is 0 Å². The molecule has 0 unspecified atom stereocenters. The van der Waals surface area contributed by atoms with Gasteiger partial charge >= 0.3 is 21.4 Å². The molecule has 0 aromatic heterocycles. The molecule has 14 heavy (non-hydrogen) atoms. The minimum absolute atomic E-state index is 0.118. The normalized spacial score (nSPS) is 8.00. The van der Waals surface area contributed by atoms with E-state index in [1.165, 1.54) is 12.1 Å². The van der Waals surface area contributed by atoms with E-state index < -0.39 is 0 Å². The first-order chi connectivity index (χ1) is 6.78. The molecule has 0 heterocycles. The van der Waals surface area contributed by atoms with Gasteiger partial charge in [-0.05, 0) is 0 Å². The van der Waals surface area contributed by atoms with Crippen LogP contribution in [0.3, 0.4) is 0 Å². The highest BCUT2D eigenvalue weighted by Gasteiger charge is 2.19. The van der Waals surface area contributed by atoms with Crippen LogP contribution >= 0.6 is 0 Å². The number of rotatable bonds is 0. The average molecular weight is 186 g/mol. The molecule has 0 spiro atoms. The molecule has 0 N–H and O–H groups in total. The van der Waals surface area contributed by atoms with Gasteiger partial charge in [0.25, 0.3) is 0 Å². The van der Waals surface area contributed by atoms with Gasteiger partial charge in [-0.1, -0.05) is 0 Å². The average Bonchev–Trinajstić information content (AvgIpc) is 2.26. The minimum Gasteiger partial charge on any atom is -0.360 e. The topological polar surface area (TPSA) is 146 Å². The fourth-order valence-electron chi connectivity index (χ4n) is 0.917. The molecule has 66 valence electrons. The van der Waals surface area contributed by atoms with Gasteiger partial charge in [0.1, 0.15) is 0 Å². The van der Waals surface area contributed by atoms with Crippen molar-refractivity contribution in [3.63, 3.8) is 0 Å². The molecule has 0 aliphatic rings. The van der Waals surface area contributed by atoms with Crippen molar-refractivity contribution in [1.29, 1.82) is 0 Å². The predicted molar refractivity (Wildman–Crippen MR) is 35.8 cm³/mol. The molecule has 0 fully saturated rings. The highest BCUT2D eigenvalue weighted by atomic mass is 14.9. The molecule has 0 saturated heterocycles. The van der Waals surface area contributed by atoms with Crippen LogP contribution in [0.2, 0.25) is 0 Å². The molecule has 1 aromatic carbocycles. The Morgan fingerprint density at radius 3 is 1.21 bits per heavy atom. The van der Waals surface area contributed by atoms with Crippen LogP contribution < -0.4 is 21.4 Å². The van der Waals surface area contributed by atoms with E-state index in [2.05, 4.69) is 19.2 Å². The van der Waals surface area contributed by atoms with Crippen LogP contribution in [0.25, 0.3) is 22.1 Å². The smallest absolute Gasteiger partial charge is 0.360 e. The zero-order valence-corrected chi connectivity index (χ0v) is 6.73. The maximum atomic E-state index is 8.54. The lowest BCUT2D eigenvalue weighted by Gasteiger charge is -1.62. The summed E-state index contributed by atoms with van der Waals surface area (Å²) in [7, 11) is 0. The van der Waals surface area contributed by atoms with Crippen LogP contribution in [0.4, 0.5) is 0 Å². The van der Waals surface area contributed by atoms with Gasteiger partial charge in [0.05, 0.1) is 0 Å². The van der Waals surface area contributed by atoms with Gasteiger partial charge in [-0.2, -0.15) is 9.58 Å². The lowest BCUT2D eigenvalue weighted by molar-refractivity contribution is -0.147. The number of hydrogen-bond acceptors (Lipinski definition) is 0. The van der Waals surface area contributed by atoms with Crippen molar-refractivity contribution in [1.82, 2.24) is 0 Å². The molecule has 1 aromatic rings. The Morgan fingerprint density at radius 1 is 0.643 bits per heavy atom. The van der Waals surface area contributed by atoms with E-state index in [-0.39, 0.29) is 21.4 Å². The van der Waals surface area contributed by atoms with E-state index in [0.29, 0.717) is 0 Å². The summed E-state index contributed by atoms with van der Waals surface area (Å²) in [4.78, 5) is 11.0. The summed E-state index contributed by atoms with van der Waals surface area (Å²) >= 11 is 0. The fourth-order valence-corrected chi connectivity index (χ4v) is 0.917. The van der Waals surface area contributed by atoms with Crippen LogP contribution in [0.15, 0.2) is 12.1 Å². The summed E-state index contributed by atoms with van der Waals surface area (Å²) in [5, 5.41) is -0.837. The summed E-state index contributed by atoms with van der Waals surface area (Å²) in [5.74, 6) is 0. The summed E-state index contributed by atoms with van der Waals surface area (Å²) in [6, 6.07) is 2.44. The molecule has 0 bridgehead atoms. The summed E-state index contributed by atoms with van der Waals surface area (Å²) in [5.41, 5.74) is 34.0. The van der Waals surface area contributed by atoms with Gasteiger partial charge in [-0.25, -0.2) is 0 Å². The standard InChI is InChI=1S/C6H2N8/c7-11-3-1-2-4(12-8)6(14-10)5(3)13-9/h1-2H. The minimum atomic E-state index is -0.301. The molecule has 0 aliphatic carbocycles. The first-order valence-corrected chi connectivity index (χ1v) is 3.36. The van der Waals surface area contributed by atoms with Crippen LogP contribution in [0.1, 0.15) is 0 Å². The zero-order valence-electron chi connectivity index (χ0n) is 6.73. The fraction of sp³-hybridized carbons (Fsp3) is 0. The lowest BCUT2D eigenvalue weighted by Crippen LogP contribution is -2.51. The molecule has 0 radical (unpaired) electrons. The monoisotopic (exact) mass is 186 g/mol. The molecule has 8 nitrogen and oxygen atoms in total. The molecule has 0 atom stereocenters. The van der Waals surface area contributed by atoms with E-state index in [4.69, 9.17) is 22.1 Å². The van der Waals surface area contributed by atoms with Crippen molar-refractivity contribution in [2.24, 2.45) is 0 Å². The maximum Gasteiger partial charge on any atom is 0.499 e. The molecule has 8 heteroatoms. The maximum absolute atomic E-state index is 8.54. The van der Waals surface area contributed by atoms with Gasteiger partial charge in [0, 0.05) is 12.1 Å². The predicted octanol–water partition coefficient (Wildman–Crippen LogP) is -2.92. The molecule has 0 amide bonds. The van der Waals surface area contributed by atoms with Gasteiger partial charge < -0.3 is 22.1 Å². The van der Waals surface area contributed by atoms with Crippen molar-refractivity contribution >= 4 is 0 Å². The first kappa shape index (κ1) is 9.35. The Labute approximate surface area is 75.8 Å². The van der Waals surface area contributed by atoms with Crippen molar-refractivity contribution in [2.75, 3.05) is 0 Å². The number of benzene rings is 1. The van der Waals surface area contributed by atoms with E-state index in [1.807, 2.05) is 0 Å². The van der Waals surface area contributed by atoms with Crippen molar-refractivity contribution in [2.45, 2.75) is 0 Å². The quantitative estimate of drug-likeness (QED) is 0.302. The summed E-state index contributed by atoms with van der Waals surface area (Å²) in [6.45, 7) is 0. The molecule has 1 rings (SSSR count). The van der Waals surface area contributed by atoms with Gasteiger partial charge in [-0.15, -0.1) is 9.58 Å². The van der Waals surface area contributed by atoms with Crippen molar-refractivity contribution in [3.05, 3.63) is 55.7 Å².